The maximum atomic E-state index is 10.5. The first-order valence-corrected chi connectivity index (χ1v) is 4.85. The molecule has 0 radical (unpaired) electrons. The molecule has 1 rings (SSSR count). The summed E-state index contributed by atoms with van der Waals surface area (Å²) in [7, 11) is 0. The molecule has 0 aromatic heterocycles. The SMILES string of the molecule is CC(=O)OCCc1ccc(Br)cc1. The number of rotatable bonds is 3. The van der Waals surface area contributed by atoms with Crippen molar-refractivity contribution in [1.29, 1.82) is 0 Å². The lowest BCUT2D eigenvalue weighted by molar-refractivity contribution is -0.140. The molecule has 3 heteroatoms. The Morgan fingerprint density at radius 3 is 2.54 bits per heavy atom. The third-order valence-electron chi connectivity index (χ3n) is 1.61. The lowest BCUT2D eigenvalue weighted by atomic mass is 10.2. The molecule has 0 spiro atoms. The summed E-state index contributed by atoms with van der Waals surface area (Å²) in [5.41, 5.74) is 1.17. The molecule has 1 aromatic carbocycles. The van der Waals surface area contributed by atoms with E-state index in [-0.39, 0.29) is 5.97 Å². The molecule has 0 amide bonds. The van der Waals surface area contributed by atoms with E-state index >= 15 is 0 Å². The van der Waals surface area contributed by atoms with E-state index in [1.54, 1.807) is 0 Å². The van der Waals surface area contributed by atoms with Gasteiger partial charge in [-0.3, -0.25) is 4.79 Å². The van der Waals surface area contributed by atoms with Gasteiger partial charge in [-0.2, -0.15) is 0 Å². The molecule has 2 nitrogen and oxygen atoms in total. The van der Waals surface area contributed by atoms with Gasteiger partial charge in [-0.15, -0.1) is 0 Å². The van der Waals surface area contributed by atoms with Crippen LogP contribution >= 0.6 is 15.9 Å². The van der Waals surface area contributed by atoms with Crippen molar-refractivity contribution in [3.05, 3.63) is 34.3 Å². The molecule has 0 fully saturated rings. The number of esters is 1. The number of benzene rings is 1. The highest BCUT2D eigenvalue weighted by atomic mass is 79.9. The summed E-state index contributed by atoms with van der Waals surface area (Å²) in [4.78, 5) is 10.5. The van der Waals surface area contributed by atoms with Gasteiger partial charge in [-0.05, 0) is 17.7 Å². The second kappa shape index (κ2) is 5.02. The number of ether oxygens (including phenoxy) is 1. The van der Waals surface area contributed by atoms with Gasteiger partial charge < -0.3 is 4.74 Å². The molecule has 13 heavy (non-hydrogen) atoms. The molecule has 0 aliphatic carbocycles. The lowest BCUT2D eigenvalue weighted by Crippen LogP contribution is -2.02. The Bertz CT molecular complexity index is 279. The fourth-order valence-electron chi connectivity index (χ4n) is 0.964. The van der Waals surface area contributed by atoms with E-state index in [4.69, 9.17) is 4.74 Å². The third kappa shape index (κ3) is 4.08. The van der Waals surface area contributed by atoms with E-state index in [1.165, 1.54) is 12.5 Å². The number of hydrogen-bond acceptors (Lipinski definition) is 2. The van der Waals surface area contributed by atoms with Crippen LogP contribution in [0.1, 0.15) is 12.5 Å². The van der Waals surface area contributed by atoms with Crippen molar-refractivity contribution in [2.24, 2.45) is 0 Å². The van der Waals surface area contributed by atoms with Gasteiger partial charge in [0.1, 0.15) is 0 Å². The van der Waals surface area contributed by atoms with Gasteiger partial charge in [-0.1, -0.05) is 28.1 Å². The van der Waals surface area contributed by atoms with Crippen molar-refractivity contribution >= 4 is 21.9 Å². The molecule has 0 aliphatic heterocycles. The molecule has 0 saturated carbocycles. The molecule has 0 saturated heterocycles. The Labute approximate surface area is 86.0 Å². The average Bonchev–Trinajstić information content (AvgIpc) is 2.08. The Morgan fingerprint density at radius 2 is 2.00 bits per heavy atom. The summed E-state index contributed by atoms with van der Waals surface area (Å²) < 4.78 is 5.88. The van der Waals surface area contributed by atoms with Crippen molar-refractivity contribution in [2.75, 3.05) is 6.61 Å². The Morgan fingerprint density at radius 1 is 1.38 bits per heavy atom. The minimum Gasteiger partial charge on any atom is -0.466 e. The van der Waals surface area contributed by atoms with E-state index in [0.29, 0.717) is 6.61 Å². The van der Waals surface area contributed by atoms with Gasteiger partial charge in [0.25, 0.3) is 0 Å². The van der Waals surface area contributed by atoms with Crippen LogP contribution in [0.2, 0.25) is 0 Å². The third-order valence-corrected chi connectivity index (χ3v) is 2.14. The van der Waals surface area contributed by atoms with Crippen molar-refractivity contribution in [3.63, 3.8) is 0 Å². The molecule has 0 unspecified atom stereocenters. The van der Waals surface area contributed by atoms with Gasteiger partial charge >= 0.3 is 5.97 Å². The predicted molar refractivity (Wildman–Crippen MR) is 54.5 cm³/mol. The molecule has 0 heterocycles. The molecule has 1 aromatic rings. The quantitative estimate of drug-likeness (QED) is 0.762. The zero-order valence-corrected chi connectivity index (χ0v) is 9.00. The van der Waals surface area contributed by atoms with Crippen LogP contribution in [-0.2, 0) is 16.0 Å². The topological polar surface area (TPSA) is 26.3 Å². The number of carbonyl (C=O) groups excluding carboxylic acids is 1. The Hall–Kier alpha value is -0.830. The van der Waals surface area contributed by atoms with Gasteiger partial charge in [0, 0.05) is 17.8 Å². The first-order chi connectivity index (χ1) is 6.18. The highest BCUT2D eigenvalue weighted by molar-refractivity contribution is 9.10. The zero-order chi connectivity index (χ0) is 9.68. The van der Waals surface area contributed by atoms with E-state index in [1.807, 2.05) is 24.3 Å². The van der Waals surface area contributed by atoms with Crippen LogP contribution in [0, 0.1) is 0 Å². The van der Waals surface area contributed by atoms with Crippen LogP contribution in [0.25, 0.3) is 0 Å². The molecular weight excluding hydrogens is 232 g/mol. The largest absolute Gasteiger partial charge is 0.466 e. The van der Waals surface area contributed by atoms with Gasteiger partial charge in [0.05, 0.1) is 6.61 Å². The van der Waals surface area contributed by atoms with E-state index in [0.717, 1.165) is 10.9 Å². The Balaban J connectivity index is 2.37. The van der Waals surface area contributed by atoms with E-state index in [9.17, 15) is 4.79 Å². The molecule has 0 bridgehead atoms. The maximum absolute atomic E-state index is 10.5. The smallest absolute Gasteiger partial charge is 0.302 e. The van der Waals surface area contributed by atoms with Crippen molar-refractivity contribution < 1.29 is 9.53 Å². The van der Waals surface area contributed by atoms with Crippen molar-refractivity contribution in [3.8, 4) is 0 Å². The van der Waals surface area contributed by atoms with Crippen LogP contribution in [0.3, 0.4) is 0 Å². The normalized spacial score (nSPS) is 9.69. The minimum atomic E-state index is -0.225. The molecule has 0 atom stereocenters. The number of halogens is 1. The van der Waals surface area contributed by atoms with Crippen LogP contribution in [0.5, 0.6) is 0 Å². The highest BCUT2D eigenvalue weighted by Gasteiger charge is 1.95. The van der Waals surface area contributed by atoms with E-state index in [2.05, 4.69) is 15.9 Å². The lowest BCUT2D eigenvalue weighted by Gasteiger charge is -2.01. The molecule has 0 N–H and O–H groups in total. The summed E-state index contributed by atoms with van der Waals surface area (Å²) >= 11 is 3.35. The van der Waals surface area contributed by atoms with Crippen molar-refractivity contribution in [2.45, 2.75) is 13.3 Å². The summed E-state index contributed by atoms with van der Waals surface area (Å²) in [5.74, 6) is -0.225. The second-order valence-electron chi connectivity index (χ2n) is 2.72. The second-order valence-corrected chi connectivity index (χ2v) is 3.63. The van der Waals surface area contributed by atoms with E-state index < -0.39 is 0 Å². The van der Waals surface area contributed by atoms with Crippen LogP contribution in [0.15, 0.2) is 28.7 Å². The minimum absolute atomic E-state index is 0.225. The van der Waals surface area contributed by atoms with Gasteiger partial charge in [-0.25, -0.2) is 0 Å². The number of hydrogen-bond donors (Lipinski definition) is 0. The fourth-order valence-corrected chi connectivity index (χ4v) is 1.23. The fraction of sp³-hybridized carbons (Fsp3) is 0.300. The molecule has 70 valence electrons. The standard InChI is InChI=1S/C10H11BrO2/c1-8(12)13-7-6-9-2-4-10(11)5-3-9/h2-5H,6-7H2,1H3. The molecule has 0 aliphatic rings. The first-order valence-electron chi connectivity index (χ1n) is 4.06. The molecular formula is C10H11BrO2. The summed E-state index contributed by atoms with van der Waals surface area (Å²) in [5, 5.41) is 0. The van der Waals surface area contributed by atoms with Crippen LogP contribution in [-0.4, -0.2) is 12.6 Å². The predicted octanol–water partition coefficient (Wildman–Crippen LogP) is 2.55. The van der Waals surface area contributed by atoms with Gasteiger partial charge in [0.15, 0.2) is 0 Å². The highest BCUT2D eigenvalue weighted by Crippen LogP contribution is 2.10. The Kier molecular flexibility index (Phi) is 3.96. The average molecular weight is 243 g/mol. The van der Waals surface area contributed by atoms with Crippen molar-refractivity contribution in [1.82, 2.24) is 0 Å². The summed E-state index contributed by atoms with van der Waals surface area (Å²) in [6.07, 6.45) is 0.771. The van der Waals surface area contributed by atoms with Crippen LogP contribution < -0.4 is 0 Å². The first kappa shape index (κ1) is 10.3. The summed E-state index contributed by atoms with van der Waals surface area (Å²) in [6.45, 7) is 1.87. The monoisotopic (exact) mass is 242 g/mol. The summed E-state index contributed by atoms with van der Waals surface area (Å²) in [6, 6.07) is 7.97. The maximum Gasteiger partial charge on any atom is 0.302 e. The van der Waals surface area contributed by atoms with Crippen LogP contribution in [0.4, 0.5) is 0 Å². The number of carbonyl (C=O) groups is 1. The van der Waals surface area contributed by atoms with Gasteiger partial charge in [0.2, 0.25) is 0 Å². The zero-order valence-electron chi connectivity index (χ0n) is 7.42.